The van der Waals surface area contributed by atoms with Crippen LogP contribution in [0.3, 0.4) is 0 Å². The van der Waals surface area contributed by atoms with Gasteiger partial charge in [-0.1, -0.05) is 30.3 Å². The summed E-state index contributed by atoms with van der Waals surface area (Å²) >= 11 is 0. The van der Waals surface area contributed by atoms with E-state index in [-0.39, 0.29) is 6.10 Å². The highest BCUT2D eigenvalue weighted by Crippen LogP contribution is 2.35. The van der Waals surface area contributed by atoms with Crippen molar-refractivity contribution < 1.29 is 9.84 Å². The van der Waals surface area contributed by atoms with Gasteiger partial charge in [-0.3, -0.25) is 0 Å². The molecule has 2 aromatic carbocycles. The van der Waals surface area contributed by atoms with Crippen molar-refractivity contribution in [3.8, 4) is 5.75 Å². The Balaban J connectivity index is 1.79. The predicted octanol–water partition coefficient (Wildman–Crippen LogP) is 4.25. The Labute approximate surface area is 126 Å². The van der Waals surface area contributed by atoms with Crippen molar-refractivity contribution >= 4 is 0 Å². The summed E-state index contributed by atoms with van der Waals surface area (Å²) in [5.74, 6) is 0.921. The van der Waals surface area contributed by atoms with Crippen LogP contribution in [0.25, 0.3) is 0 Å². The van der Waals surface area contributed by atoms with Gasteiger partial charge in [0.25, 0.3) is 0 Å². The molecule has 2 aromatic rings. The molecule has 0 saturated heterocycles. The van der Waals surface area contributed by atoms with E-state index in [0.29, 0.717) is 6.61 Å². The molecule has 1 aliphatic carbocycles. The molecule has 0 aromatic heterocycles. The first-order valence-corrected chi connectivity index (χ1v) is 7.64. The largest absolute Gasteiger partial charge is 0.489 e. The Hall–Kier alpha value is -1.80. The van der Waals surface area contributed by atoms with E-state index in [1.165, 1.54) is 22.3 Å². The van der Waals surface area contributed by atoms with Crippen LogP contribution in [-0.4, -0.2) is 5.11 Å². The van der Waals surface area contributed by atoms with Crippen molar-refractivity contribution in [3.63, 3.8) is 0 Å². The van der Waals surface area contributed by atoms with Gasteiger partial charge in [0.1, 0.15) is 12.4 Å². The summed E-state index contributed by atoms with van der Waals surface area (Å²) < 4.78 is 6.02. The zero-order valence-electron chi connectivity index (χ0n) is 12.7. The number of benzene rings is 2. The fraction of sp³-hybridized carbons (Fsp3) is 0.368. The molecule has 21 heavy (non-hydrogen) atoms. The van der Waals surface area contributed by atoms with Gasteiger partial charge in [-0.15, -0.1) is 0 Å². The topological polar surface area (TPSA) is 29.5 Å². The molecule has 3 rings (SSSR count). The SMILES string of the molecule is Cc1ccc(COc2cccc3c2CCCC3O)cc1C. The van der Waals surface area contributed by atoms with Crippen LogP contribution < -0.4 is 4.74 Å². The van der Waals surface area contributed by atoms with Gasteiger partial charge in [0.15, 0.2) is 0 Å². The second kappa shape index (κ2) is 5.90. The third-order valence-corrected chi connectivity index (χ3v) is 4.40. The van der Waals surface area contributed by atoms with Gasteiger partial charge in [0.2, 0.25) is 0 Å². The first-order valence-electron chi connectivity index (χ1n) is 7.64. The average Bonchev–Trinajstić information content (AvgIpc) is 2.49. The van der Waals surface area contributed by atoms with Gasteiger partial charge >= 0.3 is 0 Å². The molecular weight excluding hydrogens is 260 g/mol. The lowest BCUT2D eigenvalue weighted by molar-refractivity contribution is 0.155. The number of aryl methyl sites for hydroxylation is 2. The highest BCUT2D eigenvalue weighted by atomic mass is 16.5. The zero-order chi connectivity index (χ0) is 14.8. The van der Waals surface area contributed by atoms with Crippen LogP contribution in [0.1, 0.15) is 46.8 Å². The maximum absolute atomic E-state index is 10.1. The minimum absolute atomic E-state index is 0.334. The second-order valence-electron chi connectivity index (χ2n) is 5.94. The van der Waals surface area contributed by atoms with E-state index in [1.807, 2.05) is 18.2 Å². The van der Waals surface area contributed by atoms with Gasteiger partial charge in [-0.25, -0.2) is 0 Å². The van der Waals surface area contributed by atoms with Gasteiger partial charge in [0.05, 0.1) is 6.10 Å². The molecule has 0 radical (unpaired) electrons. The van der Waals surface area contributed by atoms with E-state index >= 15 is 0 Å². The maximum atomic E-state index is 10.1. The summed E-state index contributed by atoms with van der Waals surface area (Å²) in [6, 6.07) is 12.4. The van der Waals surface area contributed by atoms with Crippen LogP contribution in [0.15, 0.2) is 36.4 Å². The third-order valence-electron chi connectivity index (χ3n) is 4.40. The van der Waals surface area contributed by atoms with Crippen molar-refractivity contribution in [2.24, 2.45) is 0 Å². The Bertz CT molecular complexity index is 646. The molecule has 0 fully saturated rings. The molecule has 0 spiro atoms. The van der Waals surface area contributed by atoms with Crippen molar-refractivity contribution in [2.45, 2.75) is 45.8 Å². The van der Waals surface area contributed by atoms with Crippen molar-refractivity contribution in [1.29, 1.82) is 0 Å². The van der Waals surface area contributed by atoms with E-state index in [9.17, 15) is 5.11 Å². The Morgan fingerprint density at radius 3 is 2.81 bits per heavy atom. The van der Waals surface area contributed by atoms with Crippen LogP contribution in [0, 0.1) is 13.8 Å². The molecule has 0 amide bonds. The molecule has 0 aliphatic heterocycles. The van der Waals surface area contributed by atoms with Gasteiger partial charge < -0.3 is 9.84 Å². The number of aliphatic hydroxyl groups is 1. The van der Waals surface area contributed by atoms with Crippen LogP contribution in [0.2, 0.25) is 0 Å². The molecular formula is C19H22O2. The molecule has 1 N–H and O–H groups in total. The fourth-order valence-corrected chi connectivity index (χ4v) is 2.98. The van der Waals surface area contributed by atoms with Crippen molar-refractivity contribution in [3.05, 3.63) is 64.2 Å². The minimum atomic E-state index is -0.334. The number of hydrogen-bond donors (Lipinski definition) is 1. The Morgan fingerprint density at radius 2 is 2.00 bits per heavy atom. The number of ether oxygens (including phenoxy) is 1. The zero-order valence-corrected chi connectivity index (χ0v) is 12.7. The van der Waals surface area contributed by atoms with E-state index in [1.54, 1.807) is 0 Å². The Kier molecular flexibility index (Phi) is 3.98. The molecule has 1 atom stereocenters. The van der Waals surface area contributed by atoms with Gasteiger partial charge in [-0.2, -0.15) is 0 Å². The van der Waals surface area contributed by atoms with Crippen LogP contribution >= 0.6 is 0 Å². The summed E-state index contributed by atoms with van der Waals surface area (Å²) in [6.45, 7) is 4.82. The standard InChI is InChI=1S/C19H22O2/c1-13-9-10-15(11-14(13)2)12-21-19-8-4-5-16-17(19)6-3-7-18(16)20/h4-5,8-11,18,20H,3,6-7,12H2,1-2H3. The summed E-state index contributed by atoms with van der Waals surface area (Å²) in [7, 11) is 0. The van der Waals surface area contributed by atoms with Crippen molar-refractivity contribution in [2.75, 3.05) is 0 Å². The summed E-state index contributed by atoms with van der Waals surface area (Å²) in [5.41, 5.74) is 6.01. The highest BCUT2D eigenvalue weighted by molar-refractivity contribution is 5.43. The molecule has 1 unspecified atom stereocenters. The number of fused-ring (bicyclic) bond motifs is 1. The van der Waals surface area contributed by atoms with Gasteiger partial charge in [0, 0.05) is 0 Å². The van der Waals surface area contributed by atoms with Gasteiger partial charge in [-0.05, 0) is 67.0 Å². The lowest BCUT2D eigenvalue weighted by Crippen LogP contribution is -2.11. The minimum Gasteiger partial charge on any atom is -0.489 e. The normalized spacial score (nSPS) is 17.4. The van der Waals surface area contributed by atoms with E-state index < -0.39 is 0 Å². The summed E-state index contributed by atoms with van der Waals surface area (Å²) in [5, 5.41) is 10.1. The number of rotatable bonds is 3. The smallest absolute Gasteiger partial charge is 0.123 e. The van der Waals surface area contributed by atoms with Crippen molar-refractivity contribution in [1.82, 2.24) is 0 Å². The monoisotopic (exact) mass is 282 g/mol. The highest BCUT2D eigenvalue weighted by Gasteiger charge is 2.20. The van der Waals surface area contributed by atoms with Crippen LogP contribution in [0.4, 0.5) is 0 Å². The van der Waals surface area contributed by atoms with Crippen LogP contribution in [0.5, 0.6) is 5.75 Å². The molecule has 0 bridgehead atoms. The maximum Gasteiger partial charge on any atom is 0.123 e. The Morgan fingerprint density at radius 1 is 1.14 bits per heavy atom. The lowest BCUT2D eigenvalue weighted by Gasteiger charge is -2.23. The molecule has 0 heterocycles. The van der Waals surface area contributed by atoms with Crippen LogP contribution in [-0.2, 0) is 13.0 Å². The number of aliphatic hydroxyl groups excluding tert-OH is 1. The molecule has 110 valence electrons. The summed E-state index contributed by atoms with van der Waals surface area (Å²) in [4.78, 5) is 0. The van der Waals surface area contributed by atoms with E-state index in [0.717, 1.165) is 30.6 Å². The summed E-state index contributed by atoms with van der Waals surface area (Å²) in [6.07, 6.45) is 2.54. The second-order valence-corrected chi connectivity index (χ2v) is 5.94. The molecule has 2 nitrogen and oxygen atoms in total. The quantitative estimate of drug-likeness (QED) is 0.911. The first kappa shape index (κ1) is 14.2. The van der Waals surface area contributed by atoms with E-state index in [4.69, 9.17) is 4.74 Å². The fourth-order valence-electron chi connectivity index (χ4n) is 2.98. The molecule has 1 aliphatic rings. The molecule has 0 saturated carbocycles. The predicted molar refractivity (Wildman–Crippen MR) is 84.6 cm³/mol. The number of hydrogen-bond acceptors (Lipinski definition) is 2. The van der Waals surface area contributed by atoms with E-state index in [2.05, 4.69) is 32.0 Å². The molecule has 2 heteroatoms. The average molecular weight is 282 g/mol. The first-order chi connectivity index (χ1) is 10.1. The lowest BCUT2D eigenvalue weighted by atomic mass is 9.89. The third kappa shape index (κ3) is 2.96.